The second-order valence-electron chi connectivity index (χ2n) is 5.36. The molecule has 0 saturated carbocycles. The zero-order valence-corrected chi connectivity index (χ0v) is 14.9. The highest BCUT2D eigenvalue weighted by Crippen LogP contribution is 2.29. The van der Waals surface area contributed by atoms with Crippen molar-refractivity contribution in [3.8, 4) is 11.5 Å². The lowest BCUT2D eigenvalue weighted by molar-refractivity contribution is -0.130. The highest BCUT2D eigenvalue weighted by molar-refractivity contribution is 6.31. The highest BCUT2D eigenvalue weighted by atomic mass is 35.5. The van der Waals surface area contributed by atoms with Gasteiger partial charge in [-0.15, -0.1) is 0 Å². The van der Waals surface area contributed by atoms with Crippen LogP contribution in [0.15, 0.2) is 47.2 Å². The van der Waals surface area contributed by atoms with Gasteiger partial charge in [-0.3, -0.25) is 9.78 Å². The van der Waals surface area contributed by atoms with E-state index in [1.807, 2.05) is 0 Å². The quantitative estimate of drug-likeness (QED) is 0.598. The minimum atomic E-state index is -0.611. The van der Waals surface area contributed by atoms with Crippen molar-refractivity contribution < 1.29 is 23.8 Å². The van der Waals surface area contributed by atoms with Gasteiger partial charge in [-0.05, 0) is 35.9 Å². The van der Waals surface area contributed by atoms with Crippen LogP contribution < -0.4 is 15.2 Å². The summed E-state index contributed by atoms with van der Waals surface area (Å²) in [5, 5.41) is 0.451. The van der Waals surface area contributed by atoms with Crippen molar-refractivity contribution in [3.05, 3.63) is 58.5 Å². The first-order valence-corrected chi connectivity index (χ1v) is 8.07. The molecule has 8 nitrogen and oxygen atoms in total. The number of aromatic nitrogens is 1. The van der Waals surface area contributed by atoms with Gasteiger partial charge in [-0.25, -0.2) is 9.79 Å². The first-order chi connectivity index (χ1) is 13.0. The molecule has 27 heavy (non-hydrogen) atoms. The molecule has 0 fully saturated rings. The number of carbonyl (C=O) groups excluding carboxylic acids is 2. The zero-order valence-electron chi connectivity index (χ0n) is 14.1. The number of cyclic esters (lactones) is 1. The van der Waals surface area contributed by atoms with Crippen LogP contribution in [0.3, 0.4) is 0 Å². The van der Waals surface area contributed by atoms with E-state index in [1.165, 1.54) is 19.4 Å². The van der Waals surface area contributed by atoms with Gasteiger partial charge < -0.3 is 19.9 Å². The number of nitrogens with two attached hydrogens (primary N) is 1. The number of pyridine rings is 1. The Labute approximate surface area is 159 Å². The molecule has 0 aliphatic carbocycles. The summed E-state index contributed by atoms with van der Waals surface area (Å²) in [5.41, 5.74) is 6.13. The van der Waals surface area contributed by atoms with Gasteiger partial charge >= 0.3 is 5.97 Å². The zero-order chi connectivity index (χ0) is 19.4. The van der Waals surface area contributed by atoms with E-state index >= 15 is 0 Å². The molecule has 0 spiro atoms. The van der Waals surface area contributed by atoms with Crippen LogP contribution in [-0.4, -0.2) is 36.5 Å². The summed E-state index contributed by atoms with van der Waals surface area (Å²) in [4.78, 5) is 31.2. The molecular formula is C18H14ClN3O5. The molecule has 0 saturated heterocycles. The Kier molecular flexibility index (Phi) is 5.37. The fraction of sp³-hybridized carbons (Fsp3) is 0.111. The number of halogens is 1. The van der Waals surface area contributed by atoms with Gasteiger partial charge in [0.15, 0.2) is 23.8 Å². The summed E-state index contributed by atoms with van der Waals surface area (Å²) < 4.78 is 15.6. The van der Waals surface area contributed by atoms with E-state index in [-0.39, 0.29) is 18.2 Å². The summed E-state index contributed by atoms with van der Waals surface area (Å²) in [7, 11) is 1.45. The lowest BCUT2D eigenvalue weighted by Crippen LogP contribution is -2.20. The fourth-order valence-electron chi connectivity index (χ4n) is 2.24. The van der Waals surface area contributed by atoms with Crippen LogP contribution in [0.2, 0.25) is 5.02 Å². The third kappa shape index (κ3) is 4.42. The third-order valence-electron chi connectivity index (χ3n) is 3.42. The van der Waals surface area contributed by atoms with Crippen LogP contribution in [0.1, 0.15) is 11.3 Å². The minimum Gasteiger partial charge on any atom is -0.493 e. The lowest BCUT2D eigenvalue weighted by Gasteiger charge is -2.09. The van der Waals surface area contributed by atoms with Crippen LogP contribution in [0.5, 0.6) is 11.5 Å². The van der Waals surface area contributed by atoms with E-state index in [9.17, 15) is 9.59 Å². The van der Waals surface area contributed by atoms with E-state index in [2.05, 4.69) is 9.98 Å². The first kappa shape index (κ1) is 18.4. The number of benzene rings is 1. The Hall–Kier alpha value is -3.39. The molecule has 2 aromatic rings. The van der Waals surface area contributed by atoms with Crippen molar-refractivity contribution in [1.29, 1.82) is 0 Å². The van der Waals surface area contributed by atoms with Crippen LogP contribution >= 0.6 is 11.6 Å². The monoisotopic (exact) mass is 387 g/mol. The van der Waals surface area contributed by atoms with Crippen molar-refractivity contribution in [3.63, 3.8) is 0 Å². The minimum absolute atomic E-state index is 0.0714. The molecule has 1 aromatic carbocycles. The summed E-state index contributed by atoms with van der Waals surface area (Å²) in [5.74, 6) is -0.423. The number of rotatable bonds is 6. The maximum absolute atomic E-state index is 12.1. The Bertz CT molecular complexity index is 971. The Balaban J connectivity index is 1.87. The first-order valence-electron chi connectivity index (χ1n) is 7.70. The van der Waals surface area contributed by atoms with Crippen molar-refractivity contribution in [2.45, 2.75) is 0 Å². The number of methoxy groups -OCH3 is 1. The molecular weight excluding hydrogens is 374 g/mol. The van der Waals surface area contributed by atoms with Crippen molar-refractivity contribution in [2.75, 3.05) is 13.7 Å². The van der Waals surface area contributed by atoms with Gasteiger partial charge in [-0.1, -0.05) is 17.7 Å². The topological polar surface area (TPSA) is 113 Å². The second kappa shape index (κ2) is 7.88. The molecule has 1 amide bonds. The number of carbonyl (C=O) groups is 2. The summed E-state index contributed by atoms with van der Waals surface area (Å²) >= 11 is 5.91. The fourth-order valence-corrected chi connectivity index (χ4v) is 2.40. The number of hydrogen-bond acceptors (Lipinski definition) is 7. The van der Waals surface area contributed by atoms with Gasteiger partial charge in [0.05, 0.1) is 7.11 Å². The van der Waals surface area contributed by atoms with Gasteiger partial charge in [0.2, 0.25) is 5.90 Å². The molecule has 0 atom stereocenters. The van der Waals surface area contributed by atoms with Crippen LogP contribution in [0.25, 0.3) is 6.08 Å². The molecule has 2 heterocycles. The van der Waals surface area contributed by atoms with E-state index < -0.39 is 11.9 Å². The van der Waals surface area contributed by atoms with E-state index in [1.54, 1.807) is 30.3 Å². The average Bonchev–Trinajstić information content (AvgIpc) is 3.01. The van der Waals surface area contributed by atoms with Crippen molar-refractivity contribution in [2.24, 2.45) is 10.7 Å². The second-order valence-corrected chi connectivity index (χ2v) is 5.80. The van der Waals surface area contributed by atoms with Crippen molar-refractivity contribution >= 4 is 35.5 Å². The molecule has 9 heteroatoms. The number of hydrogen-bond donors (Lipinski definition) is 1. The summed E-state index contributed by atoms with van der Waals surface area (Å²) in [6, 6.07) is 8.04. The molecule has 1 aliphatic heterocycles. The average molecular weight is 388 g/mol. The SMILES string of the molecule is COc1cc(/C=C2\N=C(c3cc(Cl)ccn3)OC2=O)ccc1OCC(N)=O. The molecule has 1 aliphatic rings. The third-order valence-corrected chi connectivity index (χ3v) is 3.66. The predicted molar refractivity (Wildman–Crippen MR) is 97.5 cm³/mol. The molecule has 0 bridgehead atoms. The van der Waals surface area contributed by atoms with E-state index in [0.717, 1.165) is 0 Å². The van der Waals surface area contributed by atoms with Crippen molar-refractivity contribution in [1.82, 2.24) is 4.98 Å². The Morgan fingerprint density at radius 1 is 1.30 bits per heavy atom. The molecule has 2 N–H and O–H groups in total. The maximum Gasteiger partial charge on any atom is 0.363 e. The number of primary amides is 1. The number of esters is 1. The largest absolute Gasteiger partial charge is 0.493 e. The number of aliphatic imine (C=N–C) groups is 1. The van der Waals surface area contributed by atoms with Gasteiger partial charge in [-0.2, -0.15) is 0 Å². The lowest BCUT2D eigenvalue weighted by atomic mass is 10.1. The van der Waals surface area contributed by atoms with Crippen LogP contribution in [0.4, 0.5) is 0 Å². The molecule has 0 radical (unpaired) electrons. The Morgan fingerprint density at radius 3 is 2.81 bits per heavy atom. The molecule has 1 aromatic heterocycles. The normalized spacial score (nSPS) is 14.7. The van der Waals surface area contributed by atoms with Gasteiger partial charge in [0.1, 0.15) is 5.69 Å². The number of amides is 1. The standard InChI is InChI=1S/C18H14ClN3O5/c1-25-15-7-10(2-3-14(15)26-9-16(20)23)6-13-18(24)27-17(22-13)12-8-11(19)4-5-21-12/h2-8H,9H2,1H3,(H2,20,23)/b13-6-. The predicted octanol–water partition coefficient (Wildman–Crippen LogP) is 1.95. The van der Waals surface area contributed by atoms with Crippen LogP contribution in [0, 0.1) is 0 Å². The smallest absolute Gasteiger partial charge is 0.363 e. The summed E-state index contributed by atoms with van der Waals surface area (Å²) in [6.07, 6.45) is 3.02. The number of ether oxygens (including phenoxy) is 3. The van der Waals surface area contributed by atoms with Gasteiger partial charge in [0, 0.05) is 11.2 Å². The van der Waals surface area contributed by atoms with Crippen LogP contribution in [-0.2, 0) is 14.3 Å². The molecule has 138 valence electrons. The molecule has 0 unspecified atom stereocenters. The molecule has 3 rings (SSSR count). The maximum atomic E-state index is 12.1. The Morgan fingerprint density at radius 2 is 2.11 bits per heavy atom. The van der Waals surface area contributed by atoms with E-state index in [0.29, 0.717) is 27.8 Å². The van der Waals surface area contributed by atoms with E-state index in [4.69, 9.17) is 31.5 Å². The van der Waals surface area contributed by atoms with Gasteiger partial charge in [0.25, 0.3) is 5.91 Å². The highest BCUT2D eigenvalue weighted by Gasteiger charge is 2.25. The summed E-state index contributed by atoms with van der Waals surface area (Å²) in [6.45, 7) is -0.274. The number of nitrogens with zero attached hydrogens (tertiary/aromatic N) is 2.